The maximum atomic E-state index is 12.3. The minimum absolute atomic E-state index is 0.0672. The van der Waals surface area contributed by atoms with Crippen molar-refractivity contribution in [1.29, 1.82) is 0 Å². The number of carbonyl (C=O) groups is 1. The van der Waals surface area contributed by atoms with Crippen LogP contribution in [-0.2, 0) is 4.79 Å². The largest absolute Gasteiger partial charge is 0.349 e. The molecule has 104 valence electrons. The molecule has 3 atom stereocenters. The smallest absolute Gasteiger partial charge is 0.225 e. The second-order valence-electron chi connectivity index (χ2n) is 5.26. The molecular formula is C15H21ClN2O. The predicted molar refractivity (Wildman–Crippen MR) is 78.2 cm³/mol. The number of amides is 1. The Kier molecular flexibility index (Phi) is 4.83. The van der Waals surface area contributed by atoms with Gasteiger partial charge in [-0.3, -0.25) is 4.79 Å². The zero-order valence-electron chi connectivity index (χ0n) is 11.4. The normalized spacial score (nSPS) is 24.2. The maximum absolute atomic E-state index is 12.3. The van der Waals surface area contributed by atoms with E-state index < -0.39 is 0 Å². The second kappa shape index (κ2) is 6.40. The molecule has 1 aliphatic heterocycles. The fraction of sp³-hybridized carbons (Fsp3) is 0.533. The minimum atomic E-state index is 0.0672. The molecule has 0 aliphatic carbocycles. The zero-order valence-corrected chi connectivity index (χ0v) is 12.2. The third-order valence-electron chi connectivity index (χ3n) is 3.85. The van der Waals surface area contributed by atoms with Gasteiger partial charge in [-0.25, -0.2) is 0 Å². The lowest BCUT2D eigenvalue weighted by Crippen LogP contribution is -2.36. The average molecular weight is 281 g/mol. The SMILES string of the molecule is CCC(NC(=O)C1CNCC1C)c1ccc(Cl)cc1. The Bertz CT molecular complexity index is 432. The lowest BCUT2D eigenvalue weighted by atomic mass is 9.96. The molecule has 1 heterocycles. The molecule has 0 spiro atoms. The summed E-state index contributed by atoms with van der Waals surface area (Å²) in [4.78, 5) is 12.3. The van der Waals surface area contributed by atoms with Crippen LogP contribution in [0.1, 0.15) is 31.9 Å². The van der Waals surface area contributed by atoms with E-state index in [9.17, 15) is 4.79 Å². The third-order valence-corrected chi connectivity index (χ3v) is 4.10. The Morgan fingerprint density at radius 3 is 2.63 bits per heavy atom. The van der Waals surface area contributed by atoms with Gasteiger partial charge >= 0.3 is 0 Å². The summed E-state index contributed by atoms with van der Waals surface area (Å²) in [5, 5.41) is 7.14. The number of nitrogens with one attached hydrogen (secondary N) is 2. The van der Waals surface area contributed by atoms with Crippen LogP contribution in [-0.4, -0.2) is 19.0 Å². The molecule has 1 saturated heterocycles. The van der Waals surface area contributed by atoms with Crippen LogP contribution in [0.4, 0.5) is 0 Å². The van der Waals surface area contributed by atoms with E-state index >= 15 is 0 Å². The summed E-state index contributed by atoms with van der Waals surface area (Å²) in [6.07, 6.45) is 0.877. The Morgan fingerprint density at radius 1 is 1.42 bits per heavy atom. The van der Waals surface area contributed by atoms with Gasteiger partial charge in [-0.05, 0) is 36.6 Å². The standard InChI is InChI=1S/C15H21ClN2O/c1-3-14(11-4-6-12(16)7-5-11)18-15(19)13-9-17-8-10(13)2/h4-7,10,13-14,17H,3,8-9H2,1-2H3,(H,18,19). The van der Waals surface area contributed by atoms with Crippen molar-refractivity contribution in [2.24, 2.45) is 11.8 Å². The summed E-state index contributed by atoms with van der Waals surface area (Å²) in [5.74, 6) is 0.642. The number of hydrogen-bond donors (Lipinski definition) is 2. The van der Waals surface area contributed by atoms with Crippen molar-refractivity contribution in [3.8, 4) is 0 Å². The van der Waals surface area contributed by atoms with Crippen LogP contribution < -0.4 is 10.6 Å². The molecule has 1 aromatic carbocycles. The van der Waals surface area contributed by atoms with Crippen molar-refractivity contribution >= 4 is 17.5 Å². The first-order valence-electron chi connectivity index (χ1n) is 6.88. The number of carbonyl (C=O) groups excluding carboxylic acids is 1. The topological polar surface area (TPSA) is 41.1 Å². The third kappa shape index (κ3) is 3.48. The molecule has 3 unspecified atom stereocenters. The number of rotatable bonds is 4. The summed E-state index contributed by atoms with van der Waals surface area (Å²) in [6, 6.07) is 7.76. The van der Waals surface area contributed by atoms with Crippen molar-refractivity contribution in [2.75, 3.05) is 13.1 Å². The van der Waals surface area contributed by atoms with E-state index in [1.165, 1.54) is 0 Å². The fourth-order valence-electron chi connectivity index (χ4n) is 2.56. The first kappa shape index (κ1) is 14.4. The van der Waals surface area contributed by atoms with Gasteiger partial charge in [-0.2, -0.15) is 0 Å². The molecule has 1 aromatic rings. The zero-order chi connectivity index (χ0) is 13.8. The van der Waals surface area contributed by atoms with Crippen LogP contribution in [0.2, 0.25) is 5.02 Å². The quantitative estimate of drug-likeness (QED) is 0.890. The van der Waals surface area contributed by atoms with Crippen molar-refractivity contribution in [1.82, 2.24) is 10.6 Å². The number of benzene rings is 1. The van der Waals surface area contributed by atoms with Gasteiger partial charge in [-0.1, -0.05) is 37.6 Å². The maximum Gasteiger partial charge on any atom is 0.225 e. The highest BCUT2D eigenvalue weighted by Gasteiger charge is 2.30. The summed E-state index contributed by atoms with van der Waals surface area (Å²) < 4.78 is 0. The number of halogens is 1. The van der Waals surface area contributed by atoms with Crippen LogP contribution in [0, 0.1) is 11.8 Å². The van der Waals surface area contributed by atoms with E-state index in [1.54, 1.807) is 0 Å². The highest BCUT2D eigenvalue weighted by atomic mass is 35.5. The summed E-state index contributed by atoms with van der Waals surface area (Å²) in [6.45, 7) is 5.91. The Morgan fingerprint density at radius 2 is 2.11 bits per heavy atom. The molecule has 1 fully saturated rings. The van der Waals surface area contributed by atoms with Gasteiger partial charge in [0.1, 0.15) is 0 Å². The fourth-order valence-corrected chi connectivity index (χ4v) is 2.68. The molecule has 4 heteroatoms. The van der Waals surface area contributed by atoms with E-state index in [4.69, 9.17) is 11.6 Å². The average Bonchev–Trinajstić information content (AvgIpc) is 2.83. The predicted octanol–water partition coefficient (Wildman–Crippen LogP) is 2.76. The molecule has 19 heavy (non-hydrogen) atoms. The van der Waals surface area contributed by atoms with Crippen LogP contribution in [0.3, 0.4) is 0 Å². The van der Waals surface area contributed by atoms with Crippen LogP contribution in [0.25, 0.3) is 0 Å². The van der Waals surface area contributed by atoms with Gasteiger partial charge in [0.2, 0.25) is 5.91 Å². The Balaban J connectivity index is 2.02. The molecule has 3 nitrogen and oxygen atoms in total. The van der Waals surface area contributed by atoms with Crippen molar-refractivity contribution < 1.29 is 4.79 Å². The van der Waals surface area contributed by atoms with Gasteiger partial charge < -0.3 is 10.6 Å². The first-order valence-corrected chi connectivity index (χ1v) is 7.26. The summed E-state index contributed by atoms with van der Waals surface area (Å²) in [7, 11) is 0. The molecular weight excluding hydrogens is 260 g/mol. The van der Waals surface area contributed by atoms with E-state index in [0.29, 0.717) is 5.92 Å². The molecule has 0 aromatic heterocycles. The van der Waals surface area contributed by atoms with Crippen molar-refractivity contribution in [3.05, 3.63) is 34.9 Å². The molecule has 1 aliphatic rings. The van der Waals surface area contributed by atoms with Crippen LogP contribution in [0.15, 0.2) is 24.3 Å². The molecule has 0 radical (unpaired) electrons. The molecule has 0 bridgehead atoms. The van der Waals surface area contributed by atoms with E-state index in [-0.39, 0.29) is 17.9 Å². The Hall–Kier alpha value is -1.06. The highest BCUT2D eigenvalue weighted by Crippen LogP contribution is 2.22. The van der Waals surface area contributed by atoms with Crippen molar-refractivity contribution in [3.63, 3.8) is 0 Å². The summed E-state index contributed by atoms with van der Waals surface area (Å²) in [5.41, 5.74) is 1.11. The van der Waals surface area contributed by atoms with E-state index in [2.05, 4.69) is 24.5 Å². The van der Waals surface area contributed by atoms with Gasteiger partial charge in [0.05, 0.1) is 12.0 Å². The van der Waals surface area contributed by atoms with Gasteiger partial charge in [-0.15, -0.1) is 0 Å². The molecule has 1 amide bonds. The first-order chi connectivity index (χ1) is 9.11. The lowest BCUT2D eigenvalue weighted by Gasteiger charge is -2.21. The second-order valence-corrected chi connectivity index (χ2v) is 5.70. The monoisotopic (exact) mass is 280 g/mol. The van der Waals surface area contributed by atoms with Crippen LogP contribution >= 0.6 is 11.6 Å². The minimum Gasteiger partial charge on any atom is -0.349 e. The Labute approximate surface area is 119 Å². The van der Waals surface area contributed by atoms with Crippen LogP contribution in [0.5, 0.6) is 0 Å². The lowest BCUT2D eigenvalue weighted by molar-refractivity contribution is -0.126. The van der Waals surface area contributed by atoms with Gasteiger partial charge in [0.15, 0.2) is 0 Å². The molecule has 2 N–H and O–H groups in total. The molecule has 2 rings (SSSR count). The molecule has 0 saturated carbocycles. The highest BCUT2D eigenvalue weighted by molar-refractivity contribution is 6.30. The van der Waals surface area contributed by atoms with Gasteiger partial charge in [0, 0.05) is 11.6 Å². The van der Waals surface area contributed by atoms with Crippen molar-refractivity contribution in [2.45, 2.75) is 26.3 Å². The summed E-state index contributed by atoms with van der Waals surface area (Å²) >= 11 is 5.89. The number of hydrogen-bond acceptors (Lipinski definition) is 2. The van der Waals surface area contributed by atoms with E-state index in [0.717, 1.165) is 30.1 Å². The van der Waals surface area contributed by atoms with E-state index in [1.807, 2.05) is 24.3 Å². The van der Waals surface area contributed by atoms with Gasteiger partial charge in [0.25, 0.3) is 0 Å².